The van der Waals surface area contributed by atoms with Gasteiger partial charge in [0.1, 0.15) is 0 Å². The van der Waals surface area contributed by atoms with Crippen molar-refractivity contribution in [2.75, 3.05) is 31.1 Å². The van der Waals surface area contributed by atoms with Gasteiger partial charge in [0.15, 0.2) is 5.82 Å². The van der Waals surface area contributed by atoms with Gasteiger partial charge in [0.25, 0.3) is 5.91 Å². The van der Waals surface area contributed by atoms with Gasteiger partial charge in [0, 0.05) is 31.7 Å². The molecule has 1 amide bonds. The van der Waals surface area contributed by atoms with Gasteiger partial charge in [-0.25, -0.2) is 0 Å². The van der Waals surface area contributed by atoms with Gasteiger partial charge in [0.2, 0.25) is 0 Å². The minimum atomic E-state index is -4.57. The van der Waals surface area contributed by atoms with Crippen molar-refractivity contribution in [3.63, 3.8) is 0 Å². The quantitative estimate of drug-likeness (QED) is 0.590. The predicted octanol–water partition coefficient (Wildman–Crippen LogP) is 4.74. The highest BCUT2D eigenvalue weighted by atomic mass is 19.4. The van der Waals surface area contributed by atoms with E-state index >= 15 is 0 Å². The lowest BCUT2D eigenvalue weighted by Gasteiger charge is -2.35. The first-order chi connectivity index (χ1) is 15.2. The molecule has 2 aromatic carbocycles. The molecular weight excluding hydrogens is 417 g/mol. The molecule has 0 unspecified atom stereocenters. The molecule has 0 bridgehead atoms. The fourth-order valence-electron chi connectivity index (χ4n) is 3.77. The Labute approximate surface area is 184 Å². The van der Waals surface area contributed by atoms with E-state index in [1.165, 1.54) is 34.2 Å². The number of hydrogen-bond acceptors (Lipinski definition) is 4. The van der Waals surface area contributed by atoms with Gasteiger partial charge in [-0.3, -0.25) is 4.79 Å². The summed E-state index contributed by atoms with van der Waals surface area (Å²) in [6.45, 7) is 5.67. The molecule has 0 radical (unpaired) electrons. The molecule has 2 heterocycles. The lowest BCUT2D eigenvalue weighted by molar-refractivity contribution is -0.138. The van der Waals surface area contributed by atoms with E-state index in [0.717, 1.165) is 17.3 Å². The standard InChI is InChI=1S/C24H23F3N4O/c1-16-7-8-18(15-17(16)2)21-9-10-22(29-28-21)30-11-13-31(14-12-30)23(32)19-5-3-4-6-20(19)24(25,26)27/h3-10,15H,11-14H2,1-2H3. The molecule has 1 aromatic heterocycles. The zero-order chi connectivity index (χ0) is 22.9. The van der Waals surface area contributed by atoms with E-state index in [-0.39, 0.29) is 5.56 Å². The fraction of sp³-hybridized carbons (Fsp3) is 0.292. The van der Waals surface area contributed by atoms with Crippen molar-refractivity contribution in [2.45, 2.75) is 20.0 Å². The average Bonchev–Trinajstić information content (AvgIpc) is 2.80. The lowest BCUT2D eigenvalue weighted by atomic mass is 10.0. The Kier molecular flexibility index (Phi) is 5.86. The van der Waals surface area contributed by atoms with E-state index in [1.807, 2.05) is 29.2 Å². The highest BCUT2D eigenvalue weighted by Crippen LogP contribution is 2.32. The topological polar surface area (TPSA) is 49.3 Å². The van der Waals surface area contributed by atoms with Gasteiger partial charge in [-0.15, -0.1) is 10.2 Å². The van der Waals surface area contributed by atoms with E-state index in [9.17, 15) is 18.0 Å². The number of piperazine rings is 1. The minimum absolute atomic E-state index is 0.311. The third-order valence-electron chi connectivity index (χ3n) is 5.81. The van der Waals surface area contributed by atoms with Crippen LogP contribution in [0.4, 0.5) is 19.0 Å². The summed E-state index contributed by atoms with van der Waals surface area (Å²) in [6.07, 6.45) is -4.57. The average molecular weight is 440 g/mol. The third kappa shape index (κ3) is 4.44. The van der Waals surface area contributed by atoms with Crippen molar-refractivity contribution >= 4 is 11.7 Å². The van der Waals surface area contributed by atoms with Crippen molar-refractivity contribution in [2.24, 2.45) is 0 Å². The van der Waals surface area contributed by atoms with Crippen LogP contribution in [-0.4, -0.2) is 47.2 Å². The van der Waals surface area contributed by atoms with Crippen LogP contribution in [0.25, 0.3) is 11.3 Å². The molecular formula is C24H23F3N4O. The normalized spacial score (nSPS) is 14.5. The van der Waals surface area contributed by atoms with Crippen molar-refractivity contribution in [1.29, 1.82) is 0 Å². The van der Waals surface area contributed by atoms with Crippen LogP contribution in [0, 0.1) is 13.8 Å². The van der Waals surface area contributed by atoms with E-state index < -0.39 is 17.6 Å². The lowest BCUT2D eigenvalue weighted by Crippen LogP contribution is -2.49. The summed E-state index contributed by atoms with van der Waals surface area (Å²) < 4.78 is 39.8. The summed E-state index contributed by atoms with van der Waals surface area (Å²) >= 11 is 0. The zero-order valence-electron chi connectivity index (χ0n) is 17.9. The largest absolute Gasteiger partial charge is 0.417 e. The molecule has 0 spiro atoms. The number of nitrogens with zero attached hydrogens (tertiary/aromatic N) is 4. The molecule has 1 aliphatic heterocycles. The molecule has 1 fully saturated rings. The highest BCUT2D eigenvalue weighted by molar-refractivity contribution is 5.96. The van der Waals surface area contributed by atoms with Gasteiger partial charge in [-0.05, 0) is 55.3 Å². The van der Waals surface area contributed by atoms with Crippen molar-refractivity contribution in [3.05, 3.63) is 76.9 Å². The van der Waals surface area contributed by atoms with Crippen LogP contribution >= 0.6 is 0 Å². The monoisotopic (exact) mass is 440 g/mol. The van der Waals surface area contributed by atoms with E-state index in [1.54, 1.807) is 0 Å². The van der Waals surface area contributed by atoms with Gasteiger partial charge in [0.05, 0.1) is 16.8 Å². The number of hydrogen-bond donors (Lipinski definition) is 0. The Morgan fingerprint density at radius 2 is 1.59 bits per heavy atom. The Morgan fingerprint density at radius 3 is 2.22 bits per heavy atom. The van der Waals surface area contributed by atoms with Crippen molar-refractivity contribution < 1.29 is 18.0 Å². The summed E-state index contributed by atoms with van der Waals surface area (Å²) in [7, 11) is 0. The Morgan fingerprint density at radius 1 is 0.875 bits per heavy atom. The van der Waals surface area contributed by atoms with E-state index in [0.29, 0.717) is 32.0 Å². The van der Waals surface area contributed by atoms with Crippen LogP contribution < -0.4 is 4.90 Å². The molecule has 8 heteroatoms. The molecule has 1 saturated heterocycles. The maximum Gasteiger partial charge on any atom is 0.417 e. The molecule has 0 aliphatic carbocycles. The van der Waals surface area contributed by atoms with Gasteiger partial charge < -0.3 is 9.80 Å². The summed E-state index contributed by atoms with van der Waals surface area (Å²) in [5, 5.41) is 8.67. The van der Waals surface area contributed by atoms with Crippen LogP contribution in [0.15, 0.2) is 54.6 Å². The summed E-state index contributed by atoms with van der Waals surface area (Å²) in [4.78, 5) is 16.2. The van der Waals surface area contributed by atoms with E-state index in [4.69, 9.17) is 0 Å². The molecule has 0 N–H and O–H groups in total. The number of halogens is 3. The summed E-state index contributed by atoms with van der Waals surface area (Å²) in [6, 6.07) is 14.8. The molecule has 166 valence electrons. The number of amides is 1. The van der Waals surface area contributed by atoms with Crippen LogP contribution in [0.5, 0.6) is 0 Å². The Hall–Kier alpha value is -3.42. The first-order valence-corrected chi connectivity index (χ1v) is 10.4. The molecule has 1 aliphatic rings. The molecule has 3 aromatic rings. The van der Waals surface area contributed by atoms with Gasteiger partial charge >= 0.3 is 6.18 Å². The zero-order valence-corrected chi connectivity index (χ0v) is 17.9. The fourth-order valence-corrected chi connectivity index (χ4v) is 3.77. The number of aromatic nitrogens is 2. The summed E-state index contributed by atoms with van der Waals surface area (Å²) in [5.74, 6) is 0.0779. The van der Waals surface area contributed by atoms with Crippen LogP contribution in [0.3, 0.4) is 0 Å². The third-order valence-corrected chi connectivity index (χ3v) is 5.81. The minimum Gasteiger partial charge on any atom is -0.352 e. The maximum atomic E-state index is 13.3. The predicted molar refractivity (Wildman–Crippen MR) is 117 cm³/mol. The Balaban J connectivity index is 1.43. The van der Waals surface area contributed by atoms with Gasteiger partial charge in [-0.2, -0.15) is 13.2 Å². The first kappa shape index (κ1) is 21.8. The van der Waals surface area contributed by atoms with Gasteiger partial charge in [-0.1, -0.05) is 24.3 Å². The van der Waals surface area contributed by atoms with E-state index in [2.05, 4.69) is 30.1 Å². The molecule has 4 rings (SSSR count). The summed E-state index contributed by atoms with van der Waals surface area (Å²) in [5.41, 5.74) is 2.94. The number of carbonyl (C=O) groups is 1. The van der Waals surface area contributed by atoms with Crippen molar-refractivity contribution in [3.8, 4) is 11.3 Å². The van der Waals surface area contributed by atoms with Crippen LogP contribution in [0.1, 0.15) is 27.0 Å². The number of alkyl halides is 3. The number of carbonyl (C=O) groups excluding carboxylic acids is 1. The maximum absolute atomic E-state index is 13.3. The Bertz CT molecular complexity index is 1120. The number of rotatable bonds is 3. The second-order valence-corrected chi connectivity index (χ2v) is 7.90. The molecule has 5 nitrogen and oxygen atoms in total. The van der Waals surface area contributed by atoms with Crippen LogP contribution in [-0.2, 0) is 6.18 Å². The smallest absolute Gasteiger partial charge is 0.352 e. The number of aryl methyl sites for hydroxylation is 2. The second kappa shape index (κ2) is 8.61. The molecule has 32 heavy (non-hydrogen) atoms. The van der Waals surface area contributed by atoms with Crippen LogP contribution in [0.2, 0.25) is 0 Å². The highest BCUT2D eigenvalue weighted by Gasteiger charge is 2.36. The van der Waals surface area contributed by atoms with Crippen molar-refractivity contribution in [1.82, 2.24) is 15.1 Å². The second-order valence-electron chi connectivity index (χ2n) is 7.90. The number of anilines is 1. The molecule has 0 atom stereocenters. The SMILES string of the molecule is Cc1ccc(-c2ccc(N3CCN(C(=O)c4ccccc4C(F)(F)F)CC3)nn2)cc1C. The number of benzene rings is 2. The molecule has 0 saturated carbocycles. The first-order valence-electron chi connectivity index (χ1n) is 10.4.